The summed E-state index contributed by atoms with van der Waals surface area (Å²) in [6, 6.07) is 10.0. The summed E-state index contributed by atoms with van der Waals surface area (Å²) >= 11 is 0. The number of nitrogens with zero attached hydrogens (tertiary/aromatic N) is 3. The Morgan fingerprint density at radius 2 is 1.97 bits per heavy atom. The molecule has 0 aliphatic carbocycles. The second-order valence-electron chi connectivity index (χ2n) is 8.25. The molecule has 3 aliphatic heterocycles. The number of aromatic nitrogens is 1. The van der Waals surface area contributed by atoms with E-state index in [0.29, 0.717) is 32.2 Å². The van der Waals surface area contributed by atoms with Crippen molar-refractivity contribution in [2.75, 3.05) is 24.8 Å². The molecule has 2 aromatic rings. The number of amides is 1. The SMILES string of the molecule is CC1=C(COc2ccc3c(n2)CN(C(=O)C2CCOCC2)C3)N(c2ccc(F)cc2)NN1. The number of fused-ring (bicyclic) bond motifs is 1. The van der Waals surface area contributed by atoms with Crippen molar-refractivity contribution in [3.8, 4) is 5.88 Å². The fourth-order valence-corrected chi connectivity index (χ4v) is 4.25. The number of carbonyl (C=O) groups is 1. The minimum absolute atomic E-state index is 0.0449. The van der Waals surface area contributed by atoms with Crippen LogP contribution in [0.15, 0.2) is 47.8 Å². The van der Waals surface area contributed by atoms with Gasteiger partial charge in [-0.1, -0.05) is 0 Å². The number of hydrazine groups is 2. The monoisotopic (exact) mass is 439 g/mol. The van der Waals surface area contributed by atoms with Crippen LogP contribution in [0.5, 0.6) is 5.88 Å². The lowest BCUT2D eigenvalue weighted by Crippen LogP contribution is -2.38. The van der Waals surface area contributed by atoms with Gasteiger partial charge in [0.25, 0.3) is 0 Å². The predicted octanol–water partition coefficient (Wildman–Crippen LogP) is 2.63. The summed E-state index contributed by atoms with van der Waals surface area (Å²) in [4.78, 5) is 19.4. The van der Waals surface area contributed by atoms with Crippen LogP contribution in [0, 0.1) is 11.7 Å². The van der Waals surface area contributed by atoms with Gasteiger partial charge in [-0.05, 0) is 55.7 Å². The zero-order valence-electron chi connectivity index (χ0n) is 17.9. The molecule has 1 saturated heterocycles. The number of nitrogens with one attached hydrogen (secondary N) is 2. The molecule has 5 rings (SSSR count). The lowest BCUT2D eigenvalue weighted by Gasteiger charge is -2.25. The molecular formula is C23H26FN5O3. The molecule has 32 heavy (non-hydrogen) atoms. The molecule has 8 nitrogen and oxygen atoms in total. The number of pyridine rings is 1. The maximum atomic E-state index is 13.3. The van der Waals surface area contributed by atoms with E-state index in [1.165, 1.54) is 12.1 Å². The van der Waals surface area contributed by atoms with Crippen LogP contribution in [-0.4, -0.2) is 35.6 Å². The summed E-state index contributed by atoms with van der Waals surface area (Å²) in [5, 5.41) is 1.82. The molecule has 168 valence electrons. The zero-order chi connectivity index (χ0) is 22.1. The molecule has 0 spiro atoms. The number of anilines is 1. The largest absolute Gasteiger partial charge is 0.471 e. The standard InChI is InChI=1S/C23H26FN5O3/c1-15-21(29(27-26-15)19-5-3-18(24)4-6-19)14-32-22-7-2-17-12-28(13-20(17)25-22)23(30)16-8-10-31-11-9-16/h2-7,16,26-27H,8-14H2,1H3. The molecule has 1 fully saturated rings. The van der Waals surface area contributed by atoms with Gasteiger partial charge in [0, 0.05) is 37.4 Å². The summed E-state index contributed by atoms with van der Waals surface area (Å²) in [6.45, 7) is 4.62. The highest BCUT2D eigenvalue weighted by Gasteiger charge is 2.31. The van der Waals surface area contributed by atoms with Gasteiger partial charge in [-0.25, -0.2) is 9.37 Å². The van der Waals surface area contributed by atoms with Gasteiger partial charge in [-0.2, -0.15) is 0 Å². The van der Waals surface area contributed by atoms with E-state index < -0.39 is 0 Å². The first-order valence-corrected chi connectivity index (χ1v) is 10.8. The highest BCUT2D eigenvalue weighted by Crippen LogP contribution is 2.28. The second-order valence-corrected chi connectivity index (χ2v) is 8.25. The quantitative estimate of drug-likeness (QED) is 0.742. The van der Waals surface area contributed by atoms with Gasteiger partial charge in [0.15, 0.2) is 0 Å². The van der Waals surface area contributed by atoms with E-state index in [1.807, 2.05) is 29.0 Å². The van der Waals surface area contributed by atoms with Crippen molar-refractivity contribution >= 4 is 11.6 Å². The van der Waals surface area contributed by atoms with Gasteiger partial charge in [-0.3, -0.25) is 9.80 Å². The molecule has 4 heterocycles. The highest BCUT2D eigenvalue weighted by atomic mass is 19.1. The van der Waals surface area contributed by atoms with Gasteiger partial charge in [0.1, 0.15) is 12.4 Å². The van der Waals surface area contributed by atoms with E-state index in [1.54, 1.807) is 12.1 Å². The molecule has 0 bridgehead atoms. The Kier molecular flexibility index (Phi) is 5.67. The summed E-state index contributed by atoms with van der Waals surface area (Å²) in [5.41, 5.74) is 10.6. The van der Waals surface area contributed by atoms with E-state index in [2.05, 4.69) is 15.9 Å². The van der Waals surface area contributed by atoms with Gasteiger partial charge < -0.3 is 19.8 Å². The fraction of sp³-hybridized carbons (Fsp3) is 0.391. The van der Waals surface area contributed by atoms with E-state index >= 15 is 0 Å². The van der Waals surface area contributed by atoms with Gasteiger partial charge in [0.2, 0.25) is 11.8 Å². The Bertz CT molecular complexity index is 1040. The molecule has 0 atom stereocenters. The van der Waals surface area contributed by atoms with Gasteiger partial charge >= 0.3 is 0 Å². The van der Waals surface area contributed by atoms with Crippen LogP contribution in [0.1, 0.15) is 31.0 Å². The Labute approximate surface area is 185 Å². The smallest absolute Gasteiger partial charge is 0.226 e. The molecule has 1 aromatic heterocycles. The van der Waals surface area contributed by atoms with Crippen LogP contribution >= 0.6 is 0 Å². The minimum Gasteiger partial charge on any atom is -0.471 e. The lowest BCUT2D eigenvalue weighted by atomic mass is 9.99. The third-order valence-corrected chi connectivity index (χ3v) is 6.13. The molecule has 1 amide bonds. The number of benzene rings is 1. The number of rotatable bonds is 5. The Morgan fingerprint density at radius 1 is 1.19 bits per heavy atom. The minimum atomic E-state index is -0.286. The van der Waals surface area contributed by atoms with Crippen molar-refractivity contribution in [1.82, 2.24) is 20.8 Å². The summed E-state index contributed by atoms with van der Waals surface area (Å²) in [6.07, 6.45) is 1.57. The molecule has 3 aliphatic rings. The highest BCUT2D eigenvalue weighted by molar-refractivity contribution is 5.79. The first kappa shape index (κ1) is 20.7. The molecule has 0 radical (unpaired) electrons. The number of carbonyl (C=O) groups excluding carboxylic acids is 1. The van der Waals surface area contributed by atoms with Crippen LogP contribution in [0.3, 0.4) is 0 Å². The summed E-state index contributed by atoms with van der Waals surface area (Å²) < 4.78 is 24.6. The van der Waals surface area contributed by atoms with E-state index in [-0.39, 0.29) is 24.2 Å². The van der Waals surface area contributed by atoms with Crippen molar-refractivity contribution in [2.45, 2.75) is 32.9 Å². The molecule has 0 saturated carbocycles. The average Bonchev–Trinajstić information content (AvgIpc) is 3.41. The van der Waals surface area contributed by atoms with Crippen LogP contribution in [0.25, 0.3) is 0 Å². The Morgan fingerprint density at radius 3 is 2.75 bits per heavy atom. The molecule has 2 N–H and O–H groups in total. The second kappa shape index (κ2) is 8.76. The molecule has 9 heteroatoms. The normalized spacial score (nSPS) is 18.7. The molecular weight excluding hydrogens is 413 g/mol. The number of halogens is 1. The Hall–Kier alpha value is -3.17. The van der Waals surface area contributed by atoms with Crippen molar-refractivity contribution < 1.29 is 18.7 Å². The van der Waals surface area contributed by atoms with Crippen LogP contribution < -0.4 is 20.7 Å². The fourth-order valence-electron chi connectivity index (χ4n) is 4.25. The van der Waals surface area contributed by atoms with Gasteiger partial charge in [0.05, 0.1) is 23.6 Å². The first-order chi connectivity index (χ1) is 15.6. The Balaban J connectivity index is 1.23. The van der Waals surface area contributed by atoms with Crippen molar-refractivity contribution in [2.24, 2.45) is 5.92 Å². The molecule has 1 aromatic carbocycles. The van der Waals surface area contributed by atoms with E-state index in [0.717, 1.165) is 41.2 Å². The third-order valence-electron chi connectivity index (χ3n) is 6.13. The number of allylic oxidation sites excluding steroid dienone is 1. The number of hydrogen-bond acceptors (Lipinski definition) is 7. The van der Waals surface area contributed by atoms with E-state index in [4.69, 9.17) is 9.47 Å². The lowest BCUT2D eigenvalue weighted by molar-refractivity contribution is -0.139. The van der Waals surface area contributed by atoms with Crippen molar-refractivity contribution in [3.63, 3.8) is 0 Å². The summed E-state index contributed by atoms with van der Waals surface area (Å²) in [5.74, 6) is 0.456. The number of ether oxygens (including phenoxy) is 2. The van der Waals surface area contributed by atoms with Gasteiger partial charge in [-0.15, -0.1) is 5.53 Å². The first-order valence-electron chi connectivity index (χ1n) is 10.8. The maximum Gasteiger partial charge on any atom is 0.226 e. The van der Waals surface area contributed by atoms with Crippen LogP contribution in [0.4, 0.5) is 10.1 Å². The van der Waals surface area contributed by atoms with Crippen LogP contribution in [0.2, 0.25) is 0 Å². The zero-order valence-corrected chi connectivity index (χ0v) is 17.9. The van der Waals surface area contributed by atoms with Crippen LogP contribution in [-0.2, 0) is 22.6 Å². The topological polar surface area (TPSA) is 79.0 Å². The van der Waals surface area contributed by atoms with E-state index in [9.17, 15) is 9.18 Å². The van der Waals surface area contributed by atoms with Crippen molar-refractivity contribution in [1.29, 1.82) is 0 Å². The predicted molar refractivity (Wildman–Crippen MR) is 115 cm³/mol. The maximum absolute atomic E-state index is 13.3. The van der Waals surface area contributed by atoms with Crippen molar-refractivity contribution in [3.05, 3.63) is 64.9 Å². The summed E-state index contributed by atoms with van der Waals surface area (Å²) in [7, 11) is 0. The number of hydrogen-bond donors (Lipinski definition) is 2. The molecule has 0 unspecified atom stereocenters. The average molecular weight is 439 g/mol. The third kappa shape index (κ3) is 4.13.